The van der Waals surface area contributed by atoms with Gasteiger partial charge in [-0.05, 0) is 6.42 Å². The van der Waals surface area contributed by atoms with Gasteiger partial charge in [0.15, 0.2) is 0 Å². The average Bonchev–Trinajstić information content (AvgIpc) is 1.87. The number of ether oxygens (including phenoxy) is 1. The van der Waals surface area contributed by atoms with Crippen molar-refractivity contribution >= 4 is 5.97 Å². The first-order valence-corrected chi connectivity index (χ1v) is 2.81. The van der Waals surface area contributed by atoms with Gasteiger partial charge in [0.1, 0.15) is 0 Å². The Labute approximate surface area is 55.5 Å². The molecule has 0 fully saturated rings. The lowest BCUT2D eigenvalue weighted by Gasteiger charge is -1.97. The normalized spacial score (nSPS) is 8.67. The molecule has 2 heteroatoms. The van der Waals surface area contributed by atoms with Crippen molar-refractivity contribution in [3.05, 3.63) is 18.6 Å². The first kappa shape index (κ1) is 8.21. The maximum Gasteiger partial charge on any atom is 0.314 e. The molecule has 1 radical (unpaired) electrons. The van der Waals surface area contributed by atoms with E-state index in [1.54, 1.807) is 0 Å². The fourth-order valence-electron chi connectivity index (χ4n) is 0.328. The van der Waals surface area contributed by atoms with Gasteiger partial charge in [0.2, 0.25) is 0 Å². The molecule has 0 saturated carbocycles. The molecule has 9 heavy (non-hydrogen) atoms. The predicted octanol–water partition coefficient (Wildman–Crippen LogP) is 1.33. The highest BCUT2D eigenvalue weighted by Crippen LogP contribution is 2.01. The van der Waals surface area contributed by atoms with Crippen LogP contribution in [0.1, 0.15) is 13.3 Å². The molecule has 0 atom stereocenters. The minimum Gasteiger partial charge on any atom is -0.469 e. The molecule has 51 valence electrons. The van der Waals surface area contributed by atoms with Gasteiger partial charge in [-0.25, -0.2) is 0 Å². The Morgan fingerprint density at radius 3 is 2.67 bits per heavy atom. The number of carbonyl (C=O) groups excluding carboxylic acids is 1. The zero-order valence-corrected chi connectivity index (χ0v) is 5.81. The SMILES string of the molecule is C=C([CH]C(=O)OC)CC. The summed E-state index contributed by atoms with van der Waals surface area (Å²) >= 11 is 0. The molecule has 0 aromatic heterocycles. The summed E-state index contributed by atoms with van der Waals surface area (Å²) in [6.07, 6.45) is 2.18. The molecule has 0 heterocycles. The number of rotatable bonds is 3. The molecule has 0 aromatic carbocycles. The average molecular weight is 127 g/mol. The van der Waals surface area contributed by atoms with E-state index < -0.39 is 0 Å². The quantitative estimate of drug-likeness (QED) is 0.534. The fraction of sp³-hybridized carbons (Fsp3) is 0.429. The van der Waals surface area contributed by atoms with E-state index in [1.165, 1.54) is 13.5 Å². The maximum atomic E-state index is 10.4. The van der Waals surface area contributed by atoms with E-state index in [-0.39, 0.29) is 5.97 Å². The summed E-state index contributed by atoms with van der Waals surface area (Å²) in [7, 11) is 1.35. The summed E-state index contributed by atoms with van der Waals surface area (Å²) in [5.41, 5.74) is 0.793. The highest BCUT2D eigenvalue weighted by molar-refractivity contribution is 5.82. The summed E-state index contributed by atoms with van der Waals surface area (Å²) < 4.78 is 4.37. The highest BCUT2D eigenvalue weighted by atomic mass is 16.5. The van der Waals surface area contributed by atoms with E-state index in [9.17, 15) is 4.79 Å². The Morgan fingerprint density at radius 2 is 2.33 bits per heavy atom. The minimum absolute atomic E-state index is 0.332. The smallest absolute Gasteiger partial charge is 0.314 e. The van der Waals surface area contributed by atoms with E-state index in [1.807, 2.05) is 6.92 Å². The lowest BCUT2D eigenvalue weighted by atomic mass is 10.2. The van der Waals surface area contributed by atoms with Crippen LogP contribution in [0.3, 0.4) is 0 Å². The topological polar surface area (TPSA) is 26.3 Å². The van der Waals surface area contributed by atoms with Gasteiger partial charge in [-0.3, -0.25) is 4.79 Å². The highest BCUT2D eigenvalue weighted by Gasteiger charge is 2.00. The van der Waals surface area contributed by atoms with E-state index in [0.29, 0.717) is 0 Å². The Kier molecular flexibility index (Phi) is 3.76. The molecule has 0 aliphatic heterocycles. The van der Waals surface area contributed by atoms with Crippen molar-refractivity contribution in [2.45, 2.75) is 13.3 Å². The van der Waals surface area contributed by atoms with Gasteiger partial charge in [-0.2, -0.15) is 0 Å². The van der Waals surface area contributed by atoms with Crippen molar-refractivity contribution in [2.24, 2.45) is 0 Å². The van der Waals surface area contributed by atoms with Gasteiger partial charge in [-0.15, -0.1) is 0 Å². The van der Waals surface area contributed by atoms with E-state index >= 15 is 0 Å². The maximum absolute atomic E-state index is 10.4. The Morgan fingerprint density at radius 1 is 1.78 bits per heavy atom. The van der Waals surface area contributed by atoms with Crippen LogP contribution in [0.5, 0.6) is 0 Å². The van der Waals surface area contributed by atoms with Crippen molar-refractivity contribution < 1.29 is 9.53 Å². The van der Waals surface area contributed by atoms with Gasteiger partial charge in [-0.1, -0.05) is 19.1 Å². The van der Waals surface area contributed by atoms with E-state index in [0.717, 1.165) is 12.0 Å². The third-order valence-electron chi connectivity index (χ3n) is 0.977. The zero-order chi connectivity index (χ0) is 7.28. The lowest BCUT2D eigenvalue weighted by molar-refractivity contribution is -0.136. The van der Waals surface area contributed by atoms with Crippen molar-refractivity contribution in [1.82, 2.24) is 0 Å². The molecule has 0 rings (SSSR count). The number of methoxy groups -OCH3 is 1. The molecule has 0 aromatic rings. The van der Waals surface area contributed by atoms with Crippen LogP contribution >= 0.6 is 0 Å². The van der Waals surface area contributed by atoms with Crippen molar-refractivity contribution in [3.63, 3.8) is 0 Å². The zero-order valence-electron chi connectivity index (χ0n) is 5.81. The Bertz CT molecular complexity index is 102. The summed E-state index contributed by atoms with van der Waals surface area (Å²) in [5.74, 6) is -0.332. The van der Waals surface area contributed by atoms with Crippen LogP contribution in [0.4, 0.5) is 0 Å². The number of hydrogen-bond acceptors (Lipinski definition) is 2. The van der Waals surface area contributed by atoms with Crippen LogP contribution in [0, 0.1) is 6.42 Å². The van der Waals surface area contributed by atoms with E-state index in [2.05, 4.69) is 11.3 Å². The minimum atomic E-state index is -0.332. The first-order valence-electron chi connectivity index (χ1n) is 2.81. The second-order valence-corrected chi connectivity index (χ2v) is 1.68. The summed E-state index contributed by atoms with van der Waals surface area (Å²) in [6.45, 7) is 5.54. The number of esters is 1. The monoisotopic (exact) mass is 127 g/mol. The van der Waals surface area contributed by atoms with Crippen LogP contribution < -0.4 is 0 Å². The largest absolute Gasteiger partial charge is 0.469 e. The molecule has 2 nitrogen and oxygen atoms in total. The van der Waals surface area contributed by atoms with Gasteiger partial charge in [0.25, 0.3) is 0 Å². The Hall–Kier alpha value is -0.790. The number of hydrogen-bond donors (Lipinski definition) is 0. The molecule has 0 unspecified atom stereocenters. The van der Waals surface area contributed by atoms with Crippen LogP contribution in [0.2, 0.25) is 0 Å². The number of carbonyl (C=O) groups is 1. The van der Waals surface area contributed by atoms with Gasteiger partial charge in [0.05, 0.1) is 13.5 Å². The van der Waals surface area contributed by atoms with Crippen molar-refractivity contribution in [1.29, 1.82) is 0 Å². The van der Waals surface area contributed by atoms with Crippen LogP contribution in [-0.4, -0.2) is 13.1 Å². The van der Waals surface area contributed by atoms with Gasteiger partial charge >= 0.3 is 5.97 Å². The molecule has 0 spiro atoms. The van der Waals surface area contributed by atoms with Crippen LogP contribution in [0.25, 0.3) is 0 Å². The third-order valence-corrected chi connectivity index (χ3v) is 0.977. The van der Waals surface area contributed by atoms with Gasteiger partial charge in [0, 0.05) is 0 Å². The third kappa shape index (κ3) is 3.76. The molecule has 0 amide bonds. The summed E-state index contributed by atoms with van der Waals surface area (Å²) in [5, 5.41) is 0. The van der Waals surface area contributed by atoms with Gasteiger partial charge < -0.3 is 4.74 Å². The lowest BCUT2D eigenvalue weighted by Crippen LogP contribution is -2.01. The molecule has 0 bridgehead atoms. The second kappa shape index (κ2) is 4.13. The Balaban J connectivity index is 3.47. The standard InChI is InChI=1S/C7H11O2/c1-4-6(2)5-7(8)9-3/h5H,2,4H2,1,3H3. The van der Waals surface area contributed by atoms with Crippen molar-refractivity contribution in [2.75, 3.05) is 7.11 Å². The molecular formula is C7H11O2. The van der Waals surface area contributed by atoms with Crippen molar-refractivity contribution in [3.8, 4) is 0 Å². The predicted molar refractivity (Wildman–Crippen MR) is 35.7 cm³/mol. The first-order chi connectivity index (χ1) is 4.20. The van der Waals surface area contributed by atoms with E-state index in [4.69, 9.17) is 0 Å². The summed E-state index contributed by atoms with van der Waals surface area (Å²) in [6, 6.07) is 0. The molecule has 0 aliphatic rings. The second-order valence-electron chi connectivity index (χ2n) is 1.68. The molecular weight excluding hydrogens is 116 g/mol. The van der Waals surface area contributed by atoms with Crippen LogP contribution in [0.15, 0.2) is 12.2 Å². The molecule has 0 aliphatic carbocycles. The molecule has 0 N–H and O–H groups in total. The summed E-state index contributed by atoms with van der Waals surface area (Å²) in [4.78, 5) is 10.4. The fourth-order valence-corrected chi connectivity index (χ4v) is 0.328. The molecule has 0 saturated heterocycles. The van der Waals surface area contributed by atoms with Crippen LogP contribution in [-0.2, 0) is 9.53 Å².